The van der Waals surface area contributed by atoms with Crippen LogP contribution >= 0.6 is 0 Å². The minimum Gasteiger partial charge on any atom is -0.447 e. The number of halogens is 2. The largest absolute Gasteiger partial charge is 0.447 e. The molecule has 3 rings (SSSR count). The maximum atomic E-state index is 14.1. The van der Waals surface area contributed by atoms with Crippen molar-refractivity contribution in [1.29, 1.82) is 0 Å². The number of anilines is 2. The third kappa shape index (κ3) is 4.06. The summed E-state index contributed by atoms with van der Waals surface area (Å²) in [5.74, 6) is -1.06. The van der Waals surface area contributed by atoms with Crippen molar-refractivity contribution in [3.05, 3.63) is 78.0 Å². The fourth-order valence-electron chi connectivity index (χ4n) is 2.15. The standard InChI is InChI=1S/C17H13F2N2O.Ti/c1-12-2-5-14(6-3-12)21(11-17-20-8-9-22-17)16-7-4-13(18)10-15(16)19;/h2-9H,11H2,1H3;. The third-order valence-corrected chi connectivity index (χ3v) is 3.25. The van der Waals surface area contributed by atoms with Crippen LogP contribution in [-0.2, 0) is 28.3 Å². The molecule has 0 atom stereocenters. The number of oxazole rings is 1. The summed E-state index contributed by atoms with van der Waals surface area (Å²) >= 11 is 0. The second kappa shape index (κ2) is 7.53. The van der Waals surface area contributed by atoms with Crippen LogP contribution in [0.15, 0.2) is 53.3 Å². The van der Waals surface area contributed by atoms with Gasteiger partial charge in [0, 0.05) is 27.4 Å². The topological polar surface area (TPSA) is 29.3 Å². The van der Waals surface area contributed by atoms with Gasteiger partial charge < -0.3 is 9.32 Å². The van der Waals surface area contributed by atoms with Crippen molar-refractivity contribution in [3.63, 3.8) is 0 Å². The molecule has 2 aromatic carbocycles. The van der Waals surface area contributed by atoms with E-state index in [0.29, 0.717) is 5.89 Å². The van der Waals surface area contributed by atoms with Gasteiger partial charge in [-0.3, -0.25) is 0 Å². The van der Waals surface area contributed by atoms with Gasteiger partial charge in [0.1, 0.15) is 12.1 Å². The summed E-state index contributed by atoms with van der Waals surface area (Å²) in [7, 11) is 0. The molecule has 0 fully saturated rings. The van der Waals surface area contributed by atoms with Crippen LogP contribution in [0.2, 0.25) is 0 Å². The summed E-state index contributed by atoms with van der Waals surface area (Å²) < 4.78 is 32.4. The zero-order valence-electron chi connectivity index (χ0n) is 12.4. The van der Waals surface area contributed by atoms with Crippen LogP contribution in [0.1, 0.15) is 11.5 Å². The molecule has 0 bridgehead atoms. The normalized spacial score (nSPS) is 10.2. The molecule has 0 aliphatic heterocycles. The summed E-state index contributed by atoms with van der Waals surface area (Å²) in [6.45, 7) is 2.20. The van der Waals surface area contributed by atoms with E-state index < -0.39 is 11.6 Å². The Kier molecular flexibility index (Phi) is 5.69. The molecule has 0 saturated carbocycles. The van der Waals surface area contributed by atoms with Crippen molar-refractivity contribution in [2.75, 3.05) is 4.90 Å². The molecule has 6 heteroatoms. The smallest absolute Gasteiger partial charge is 0.213 e. The molecule has 23 heavy (non-hydrogen) atoms. The van der Waals surface area contributed by atoms with Gasteiger partial charge in [0.2, 0.25) is 5.89 Å². The van der Waals surface area contributed by atoms with Crippen molar-refractivity contribution in [3.8, 4) is 0 Å². The molecule has 0 unspecified atom stereocenters. The summed E-state index contributed by atoms with van der Waals surface area (Å²) in [6, 6.07) is 12.2. The Morgan fingerprint density at radius 3 is 2.48 bits per heavy atom. The van der Waals surface area contributed by atoms with Gasteiger partial charge in [-0.05, 0) is 31.2 Å². The minimum absolute atomic E-state index is 0. The van der Waals surface area contributed by atoms with Crippen LogP contribution in [0.4, 0.5) is 20.2 Å². The van der Waals surface area contributed by atoms with Crippen LogP contribution in [0.25, 0.3) is 0 Å². The molecule has 1 radical (unpaired) electrons. The second-order valence-electron chi connectivity index (χ2n) is 4.85. The van der Waals surface area contributed by atoms with Crippen molar-refractivity contribution < 1.29 is 34.9 Å². The predicted molar refractivity (Wildman–Crippen MR) is 78.7 cm³/mol. The molecule has 0 aliphatic rings. The fraction of sp³-hybridized carbons (Fsp3) is 0.118. The Bertz CT molecular complexity index is 761. The van der Waals surface area contributed by atoms with Crippen LogP contribution < -0.4 is 4.90 Å². The molecular weight excluding hydrogens is 334 g/mol. The number of rotatable bonds is 4. The summed E-state index contributed by atoms with van der Waals surface area (Å²) in [6.07, 6.45) is 2.98. The van der Waals surface area contributed by atoms with E-state index in [-0.39, 0.29) is 33.9 Å². The molecule has 1 heterocycles. The Hall–Kier alpha value is -1.98. The number of hydrogen-bond donors (Lipinski definition) is 0. The number of nitrogens with zero attached hydrogens (tertiary/aromatic N) is 2. The van der Waals surface area contributed by atoms with E-state index in [1.165, 1.54) is 24.6 Å². The Morgan fingerprint density at radius 1 is 1.13 bits per heavy atom. The number of aromatic nitrogens is 1. The van der Waals surface area contributed by atoms with Crippen molar-refractivity contribution in [2.24, 2.45) is 0 Å². The zero-order chi connectivity index (χ0) is 15.5. The van der Waals surface area contributed by atoms with Crippen molar-refractivity contribution in [2.45, 2.75) is 13.5 Å². The summed E-state index contributed by atoms with van der Waals surface area (Å²) in [4.78, 5) is 5.72. The van der Waals surface area contributed by atoms with Gasteiger partial charge in [-0.1, -0.05) is 17.7 Å². The molecule has 0 spiro atoms. The molecule has 1 aromatic heterocycles. The van der Waals surface area contributed by atoms with Gasteiger partial charge in [0.15, 0.2) is 5.82 Å². The Balaban J connectivity index is 0.00000192. The molecule has 3 aromatic rings. The first-order valence-electron chi connectivity index (χ1n) is 6.73. The van der Waals surface area contributed by atoms with Crippen molar-refractivity contribution in [1.82, 2.24) is 4.98 Å². The van der Waals surface area contributed by atoms with Gasteiger partial charge in [-0.25, -0.2) is 13.8 Å². The molecular formula is C17H13F2N2OTi. The van der Waals surface area contributed by atoms with E-state index in [9.17, 15) is 8.78 Å². The van der Waals surface area contributed by atoms with E-state index in [0.717, 1.165) is 11.3 Å². The van der Waals surface area contributed by atoms with Crippen molar-refractivity contribution >= 4 is 11.4 Å². The van der Waals surface area contributed by atoms with Crippen LogP contribution in [0.5, 0.6) is 0 Å². The van der Waals surface area contributed by atoms with Crippen LogP contribution in [0, 0.1) is 24.6 Å². The maximum absolute atomic E-state index is 14.1. The monoisotopic (exact) mass is 347 g/mol. The van der Waals surface area contributed by atoms with E-state index >= 15 is 0 Å². The quantitative estimate of drug-likeness (QED) is 0.656. The van der Waals surface area contributed by atoms with E-state index in [1.54, 1.807) is 4.90 Å². The third-order valence-electron chi connectivity index (χ3n) is 3.25. The Labute approximate surface area is 147 Å². The maximum Gasteiger partial charge on any atom is 0.213 e. The van der Waals surface area contributed by atoms with Crippen LogP contribution in [-0.4, -0.2) is 4.98 Å². The molecule has 0 amide bonds. The fourth-order valence-corrected chi connectivity index (χ4v) is 2.15. The van der Waals surface area contributed by atoms with E-state index in [4.69, 9.17) is 4.42 Å². The zero-order valence-corrected chi connectivity index (χ0v) is 13.9. The molecule has 0 saturated heterocycles. The van der Waals surface area contributed by atoms with Gasteiger partial charge in [-0.2, -0.15) is 0 Å². The van der Waals surface area contributed by atoms with Gasteiger partial charge in [0.05, 0.1) is 24.5 Å². The number of benzene rings is 2. The summed E-state index contributed by atoms with van der Waals surface area (Å²) in [5.41, 5.74) is 2.05. The number of hydrogen-bond acceptors (Lipinski definition) is 3. The van der Waals surface area contributed by atoms with E-state index in [1.807, 2.05) is 31.2 Å². The van der Waals surface area contributed by atoms with Gasteiger partial charge >= 0.3 is 0 Å². The molecule has 3 nitrogen and oxygen atoms in total. The SMILES string of the molecule is Cc1ccc(N(Cc2ncco2)c2ccc(F)[c]c2F)cc1.[Ti]. The predicted octanol–water partition coefficient (Wildman–Crippen LogP) is 4.40. The van der Waals surface area contributed by atoms with Crippen LogP contribution in [0.3, 0.4) is 0 Å². The molecule has 115 valence electrons. The Morgan fingerprint density at radius 2 is 1.87 bits per heavy atom. The van der Waals surface area contributed by atoms with Gasteiger partial charge in [-0.15, -0.1) is 0 Å². The average Bonchev–Trinajstić information content (AvgIpc) is 2.99. The number of aryl methyl sites for hydroxylation is 1. The summed E-state index contributed by atoms with van der Waals surface area (Å²) in [5, 5.41) is 0. The van der Waals surface area contributed by atoms with Gasteiger partial charge in [0.25, 0.3) is 0 Å². The first-order chi connectivity index (χ1) is 10.6. The average molecular weight is 347 g/mol. The molecule has 0 aliphatic carbocycles. The van der Waals surface area contributed by atoms with E-state index in [2.05, 4.69) is 11.1 Å². The first kappa shape index (κ1) is 17.4. The molecule has 0 N–H and O–H groups in total. The second-order valence-corrected chi connectivity index (χ2v) is 4.85. The first-order valence-corrected chi connectivity index (χ1v) is 6.73. The minimum atomic E-state index is -0.757.